The van der Waals surface area contributed by atoms with Crippen LogP contribution in [0.5, 0.6) is 0 Å². The fourth-order valence-corrected chi connectivity index (χ4v) is 5.65. The number of aryl methyl sites for hydroxylation is 2. The van der Waals surface area contributed by atoms with Crippen LogP contribution in [-0.2, 0) is 25.9 Å². The predicted octanol–water partition coefficient (Wildman–Crippen LogP) is 3.37. The molecule has 0 N–H and O–H groups in total. The number of nitrogens with zero attached hydrogens (tertiary/aromatic N) is 4. The second kappa shape index (κ2) is 7.47. The van der Waals surface area contributed by atoms with E-state index in [2.05, 4.69) is 9.88 Å². The number of hydrogen-bond donors (Lipinski definition) is 0. The Labute approximate surface area is 164 Å². The molecule has 1 saturated heterocycles. The van der Waals surface area contributed by atoms with Gasteiger partial charge in [0.15, 0.2) is 0 Å². The molecule has 2 aromatic heterocycles. The molecule has 27 heavy (non-hydrogen) atoms. The normalized spacial score (nSPS) is 21.3. The van der Waals surface area contributed by atoms with Crippen molar-refractivity contribution in [2.75, 3.05) is 13.1 Å². The third kappa shape index (κ3) is 4.02. The lowest BCUT2D eigenvalue weighted by Crippen LogP contribution is -2.36. The molecule has 5 rings (SSSR count). The molecule has 0 amide bonds. The zero-order valence-electron chi connectivity index (χ0n) is 15.9. The number of likely N-dealkylation sites (tertiary alicyclic amines) is 1. The molecule has 0 atom stereocenters. The van der Waals surface area contributed by atoms with E-state index in [1.807, 2.05) is 15.9 Å². The van der Waals surface area contributed by atoms with Gasteiger partial charge in [0.05, 0.1) is 24.3 Å². The van der Waals surface area contributed by atoms with Crippen LogP contribution in [0, 0.1) is 5.92 Å². The molecule has 0 spiro atoms. The van der Waals surface area contributed by atoms with Crippen LogP contribution in [0.1, 0.15) is 65.7 Å². The van der Waals surface area contributed by atoms with E-state index in [-0.39, 0.29) is 5.56 Å². The lowest BCUT2D eigenvalue weighted by molar-refractivity contribution is 0.166. The van der Waals surface area contributed by atoms with Crippen molar-refractivity contribution in [2.24, 2.45) is 5.92 Å². The maximum atomic E-state index is 12.4. The van der Waals surface area contributed by atoms with Gasteiger partial charge in [0.25, 0.3) is 5.56 Å². The number of hydrogen-bond acceptors (Lipinski definition) is 5. The summed E-state index contributed by atoms with van der Waals surface area (Å²) in [5, 5.41) is 1.30. The minimum Gasteiger partial charge on any atom is -0.299 e. The summed E-state index contributed by atoms with van der Waals surface area (Å²) in [7, 11) is 0. The van der Waals surface area contributed by atoms with Gasteiger partial charge in [-0.25, -0.2) is 9.97 Å². The molecule has 3 heterocycles. The van der Waals surface area contributed by atoms with Crippen LogP contribution in [0.15, 0.2) is 17.2 Å². The first-order chi connectivity index (χ1) is 13.2. The van der Waals surface area contributed by atoms with Crippen LogP contribution in [0.4, 0.5) is 0 Å². The second-order valence-corrected chi connectivity index (χ2v) is 9.65. The predicted molar refractivity (Wildman–Crippen MR) is 107 cm³/mol. The monoisotopic (exact) mass is 384 g/mol. The Balaban J connectivity index is 1.15. The van der Waals surface area contributed by atoms with Crippen LogP contribution in [0.3, 0.4) is 0 Å². The Hall–Kier alpha value is -1.53. The van der Waals surface area contributed by atoms with E-state index < -0.39 is 0 Å². The molecule has 1 aliphatic heterocycles. The van der Waals surface area contributed by atoms with Gasteiger partial charge in [-0.2, -0.15) is 0 Å². The summed E-state index contributed by atoms with van der Waals surface area (Å²) in [6.07, 6.45) is 11.5. The molecular formula is C21H28N4OS. The van der Waals surface area contributed by atoms with E-state index in [0.717, 1.165) is 44.7 Å². The highest BCUT2D eigenvalue weighted by atomic mass is 32.1. The van der Waals surface area contributed by atoms with Crippen LogP contribution in [-0.4, -0.2) is 32.5 Å². The first kappa shape index (κ1) is 17.6. The molecule has 6 heteroatoms. The lowest BCUT2D eigenvalue weighted by atomic mass is 9.96. The van der Waals surface area contributed by atoms with Gasteiger partial charge < -0.3 is 0 Å². The molecule has 5 nitrogen and oxygen atoms in total. The third-order valence-corrected chi connectivity index (χ3v) is 7.45. The Bertz CT molecular complexity index is 838. The first-order valence-corrected chi connectivity index (χ1v) is 11.3. The quantitative estimate of drug-likeness (QED) is 0.793. The fraction of sp³-hybridized carbons (Fsp3) is 0.667. The number of aromatic nitrogens is 3. The van der Waals surface area contributed by atoms with Gasteiger partial charge in [-0.3, -0.25) is 14.3 Å². The molecule has 0 radical (unpaired) electrons. The van der Waals surface area contributed by atoms with Gasteiger partial charge in [0.2, 0.25) is 0 Å². The second-order valence-electron chi connectivity index (χ2n) is 8.48. The van der Waals surface area contributed by atoms with Gasteiger partial charge in [-0.1, -0.05) is 0 Å². The highest BCUT2D eigenvalue weighted by Crippen LogP contribution is 2.38. The number of piperidine rings is 1. The maximum absolute atomic E-state index is 12.4. The van der Waals surface area contributed by atoms with E-state index in [9.17, 15) is 4.79 Å². The molecule has 144 valence electrons. The topological polar surface area (TPSA) is 51.0 Å². The summed E-state index contributed by atoms with van der Waals surface area (Å²) in [6, 6.07) is 1.76. The van der Waals surface area contributed by atoms with Crippen molar-refractivity contribution in [1.82, 2.24) is 19.4 Å². The molecule has 2 aromatic rings. The van der Waals surface area contributed by atoms with Gasteiger partial charge >= 0.3 is 0 Å². The summed E-state index contributed by atoms with van der Waals surface area (Å²) in [6.45, 7) is 4.03. The van der Waals surface area contributed by atoms with Gasteiger partial charge in [0.1, 0.15) is 5.01 Å². The van der Waals surface area contributed by atoms with Crippen LogP contribution < -0.4 is 5.56 Å². The van der Waals surface area contributed by atoms with Crippen LogP contribution >= 0.6 is 11.3 Å². The average Bonchev–Trinajstić information content (AvgIpc) is 3.45. The third-order valence-electron chi connectivity index (χ3n) is 6.31. The zero-order chi connectivity index (χ0) is 18.2. The van der Waals surface area contributed by atoms with E-state index in [0.29, 0.717) is 11.8 Å². The maximum Gasteiger partial charge on any atom is 0.253 e. The molecule has 2 aliphatic carbocycles. The van der Waals surface area contributed by atoms with Gasteiger partial charge in [0, 0.05) is 23.4 Å². The van der Waals surface area contributed by atoms with E-state index in [1.54, 1.807) is 12.4 Å². The Morgan fingerprint density at radius 1 is 1.11 bits per heavy atom. The summed E-state index contributed by atoms with van der Waals surface area (Å²) in [5.41, 5.74) is 2.50. The van der Waals surface area contributed by atoms with Crippen molar-refractivity contribution >= 4 is 11.3 Å². The molecule has 0 aromatic carbocycles. The molecule has 1 saturated carbocycles. The van der Waals surface area contributed by atoms with E-state index in [1.165, 1.54) is 54.1 Å². The van der Waals surface area contributed by atoms with Crippen molar-refractivity contribution in [3.8, 4) is 0 Å². The number of rotatable bonds is 5. The summed E-state index contributed by atoms with van der Waals surface area (Å²) < 4.78 is 1.82. The number of fused-ring (bicyclic) bond motifs is 1. The molecule has 0 unspecified atom stereocenters. The van der Waals surface area contributed by atoms with Crippen molar-refractivity contribution in [1.29, 1.82) is 0 Å². The highest BCUT2D eigenvalue weighted by Gasteiger charge is 2.26. The Morgan fingerprint density at radius 2 is 1.93 bits per heavy atom. The van der Waals surface area contributed by atoms with Crippen molar-refractivity contribution in [2.45, 2.75) is 70.4 Å². The van der Waals surface area contributed by atoms with Crippen molar-refractivity contribution in [3.05, 3.63) is 44.0 Å². The Kier molecular flexibility index (Phi) is 4.86. The van der Waals surface area contributed by atoms with Crippen molar-refractivity contribution in [3.63, 3.8) is 0 Å². The van der Waals surface area contributed by atoms with Crippen LogP contribution in [0.2, 0.25) is 0 Å². The fourth-order valence-electron chi connectivity index (χ4n) is 4.45. The van der Waals surface area contributed by atoms with E-state index >= 15 is 0 Å². The minimum atomic E-state index is 0.127. The van der Waals surface area contributed by atoms with Crippen molar-refractivity contribution < 1.29 is 0 Å². The van der Waals surface area contributed by atoms with Crippen LogP contribution in [0.25, 0.3) is 0 Å². The highest BCUT2D eigenvalue weighted by molar-refractivity contribution is 7.11. The summed E-state index contributed by atoms with van der Waals surface area (Å²) in [5.74, 6) is 1.13. The summed E-state index contributed by atoms with van der Waals surface area (Å²) in [4.78, 5) is 25.8. The standard InChI is InChI=1S/C21H28N4OS/c26-21-11-18(16-5-6-16)22-14-25(21)12-15-7-9-24(10-8-15)13-20-23-17-3-1-2-4-19(17)27-20/h11,14-16H,1-10,12-13H2. The lowest BCUT2D eigenvalue weighted by Gasteiger charge is -2.31. The minimum absolute atomic E-state index is 0.127. The van der Waals surface area contributed by atoms with E-state index in [4.69, 9.17) is 4.98 Å². The molecular weight excluding hydrogens is 356 g/mol. The van der Waals surface area contributed by atoms with Gasteiger partial charge in [-0.05, 0) is 70.4 Å². The SMILES string of the molecule is O=c1cc(C2CC2)ncn1CC1CCN(Cc2nc3c(s2)CCCC3)CC1. The summed E-state index contributed by atoms with van der Waals surface area (Å²) >= 11 is 1.94. The first-order valence-electron chi connectivity index (χ1n) is 10.5. The largest absolute Gasteiger partial charge is 0.299 e. The molecule has 0 bridgehead atoms. The van der Waals surface area contributed by atoms with Gasteiger partial charge in [-0.15, -0.1) is 11.3 Å². The number of thiazole rings is 1. The average molecular weight is 385 g/mol. The Morgan fingerprint density at radius 3 is 2.67 bits per heavy atom. The molecule has 2 fully saturated rings. The molecule has 3 aliphatic rings. The zero-order valence-corrected chi connectivity index (χ0v) is 16.7. The smallest absolute Gasteiger partial charge is 0.253 e.